The van der Waals surface area contributed by atoms with E-state index in [0.29, 0.717) is 10.9 Å². The molecule has 0 radical (unpaired) electrons. The van der Waals surface area contributed by atoms with Gasteiger partial charge in [0.2, 0.25) is 5.91 Å². The summed E-state index contributed by atoms with van der Waals surface area (Å²) in [7, 11) is 1.64. The summed E-state index contributed by atoms with van der Waals surface area (Å²) in [5.74, 6) is 1.93. The topological polar surface area (TPSA) is 69.0 Å². The van der Waals surface area contributed by atoms with E-state index in [1.807, 2.05) is 35.8 Å². The maximum atomic E-state index is 12.2. The molecule has 1 aromatic heterocycles. The number of hydrogen-bond donors (Lipinski definition) is 1. The fourth-order valence-electron chi connectivity index (χ4n) is 2.68. The Hall–Kier alpha value is -2.02. The number of nitrogens with zero attached hydrogens (tertiary/aromatic N) is 3. The van der Waals surface area contributed by atoms with Crippen molar-refractivity contribution in [1.29, 1.82) is 0 Å². The van der Waals surface area contributed by atoms with E-state index in [1.54, 1.807) is 7.11 Å². The second-order valence-corrected chi connectivity index (χ2v) is 7.26. The first kappa shape index (κ1) is 20.3. The molecule has 26 heavy (non-hydrogen) atoms. The zero-order valence-electron chi connectivity index (χ0n) is 16.0. The van der Waals surface area contributed by atoms with Crippen LogP contribution in [0.25, 0.3) is 5.69 Å². The van der Waals surface area contributed by atoms with Crippen LogP contribution in [0.4, 0.5) is 0 Å². The summed E-state index contributed by atoms with van der Waals surface area (Å²) < 4.78 is 7.15. The summed E-state index contributed by atoms with van der Waals surface area (Å²) in [4.78, 5) is 12.2. The number of rotatable bonds is 10. The highest BCUT2D eigenvalue weighted by Gasteiger charge is 2.14. The number of aryl methyl sites for hydroxylation is 1. The average Bonchev–Trinajstić information content (AvgIpc) is 3.01. The highest BCUT2D eigenvalue weighted by Crippen LogP contribution is 2.23. The van der Waals surface area contributed by atoms with Crippen molar-refractivity contribution >= 4 is 17.7 Å². The van der Waals surface area contributed by atoms with E-state index < -0.39 is 0 Å². The monoisotopic (exact) mass is 376 g/mol. The fourth-order valence-corrected chi connectivity index (χ4v) is 3.49. The van der Waals surface area contributed by atoms with Crippen molar-refractivity contribution in [3.8, 4) is 11.4 Å². The van der Waals surface area contributed by atoms with Crippen LogP contribution in [0.2, 0.25) is 0 Å². The van der Waals surface area contributed by atoms with Crippen molar-refractivity contribution in [2.24, 2.45) is 0 Å². The number of unbranched alkanes of at least 4 members (excludes halogenated alkanes) is 2. The molecule has 0 saturated carbocycles. The van der Waals surface area contributed by atoms with Gasteiger partial charge in [0.05, 0.1) is 12.9 Å². The van der Waals surface area contributed by atoms with Crippen molar-refractivity contribution in [2.75, 3.05) is 12.9 Å². The zero-order valence-corrected chi connectivity index (χ0v) is 16.8. The molecule has 0 fully saturated rings. The van der Waals surface area contributed by atoms with E-state index in [2.05, 4.69) is 29.4 Å². The van der Waals surface area contributed by atoms with Crippen LogP contribution in [-0.4, -0.2) is 39.6 Å². The first-order valence-corrected chi connectivity index (χ1v) is 10.0. The SMILES string of the molecule is CCCCCC(C)NC(=O)CSc1nnc(C)n1-c1ccc(OC)cc1. The number of carbonyl (C=O) groups is 1. The van der Waals surface area contributed by atoms with Gasteiger partial charge in [-0.15, -0.1) is 10.2 Å². The Balaban J connectivity index is 1.94. The lowest BCUT2D eigenvalue weighted by molar-refractivity contribution is -0.119. The summed E-state index contributed by atoms with van der Waals surface area (Å²) in [6.45, 7) is 6.14. The van der Waals surface area contributed by atoms with E-state index in [4.69, 9.17) is 4.74 Å². The van der Waals surface area contributed by atoms with Gasteiger partial charge in [-0.05, 0) is 44.5 Å². The Morgan fingerprint density at radius 1 is 1.27 bits per heavy atom. The Morgan fingerprint density at radius 2 is 2.00 bits per heavy atom. The van der Waals surface area contributed by atoms with E-state index >= 15 is 0 Å². The van der Waals surface area contributed by atoms with Crippen molar-refractivity contribution in [2.45, 2.75) is 57.7 Å². The number of aromatic nitrogens is 3. The van der Waals surface area contributed by atoms with Gasteiger partial charge in [0, 0.05) is 11.7 Å². The summed E-state index contributed by atoms with van der Waals surface area (Å²) in [6, 6.07) is 7.90. The smallest absolute Gasteiger partial charge is 0.230 e. The Labute approximate surface area is 159 Å². The van der Waals surface area contributed by atoms with Gasteiger partial charge in [-0.1, -0.05) is 37.9 Å². The first-order chi connectivity index (χ1) is 12.5. The molecule has 0 bridgehead atoms. The van der Waals surface area contributed by atoms with Gasteiger partial charge < -0.3 is 10.1 Å². The van der Waals surface area contributed by atoms with E-state index in [9.17, 15) is 4.79 Å². The molecule has 142 valence electrons. The molecule has 1 atom stereocenters. The van der Waals surface area contributed by atoms with Crippen LogP contribution >= 0.6 is 11.8 Å². The number of benzene rings is 1. The maximum absolute atomic E-state index is 12.2. The number of hydrogen-bond acceptors (Lipinski definition) is 5. The van der Waals surface area contributed by atoms with Crippen LogP contribution < -0.4 is 10.1 Å². The molecular weight excluding hydrogens is 348 g/mol. The van der Waals surface area contributed by atoms with E-state index in [-0.39, 0.29) is 11.9 Å². The quantitative estimate of drug-likeness (QED) is 0.505. The van der Waals surface area contributed by atoms with Gasteiger partial charge in [-0.2, -0.15) is 0 Å². The van der Waals surface area contributed by atoms with Crippen LogP contribution in [0.3, 0.4) is 0 Å². The molecule has 2 aromatic rings. The van der Waals surface area contributed by atoms with Crippen molar-refractivity contribution in [3.63, 3.8) is 0 Å². The molecule has 1 heterocycles. The molecule has 0 aliphatic carbocycles. The highest BCUT2D eigenvalue weighted by atomic mass is 32.2. The molecular formula is C19H28N4O2S. The lowest BCUT2D eigenvalue weighted by Gasteiger charge is -2.13. The second-order valence-electron chi connectivity index (χ2n) is 6.32. The minimum atomic E-state index is 0.0286. The average molecular weight is 377 g/mol. The molecule has 6 nitrogen and oxygen atoms in total. The van der Waals surface area contributed by atoms with E-state index in [0.717, 1.165) is 30.1 Å². The van der Waals surface area contributed by atoms with Crippen molar-refractivity contribution < 1.29 is 9.53 Å². The molecule has 1 amide bonds. The first-order valence-electron chi connectivity index (χ1n) is 9.03. The number of carbonyl (C=O) groups excluding carboxylic acids is 1. The largest absolute Gasteiger partial charge is 0.497 e. The van der Waals surface area contributed by atoms with Crippen LogP contribution in [0.1, 0.15) is 45.4 Å². The summed E-state index contributed by atoms with van der Waals surface area (Å²) in [5.41, 5.74) is 0.948. The van der Waals surface area contributed by atoms with Gasteiger partial charge >= 0.3 is 0 Å². The Morgan fingerprint density at radius 3 is 2.65 bits per heavy atom. The van der Waals surface area contributed by atoms with Gasteiger partial charge in [0.15, 0.2) is 5.16 Å². The standard InChI is InChI=1S/C19H28N4O2S/c1-5-6-7-8-14(2)20-18(24)13-26-19-22-21-15(3)23(19)16-9-11-17(25-4)12-10-16/h9-12,14H,5-8,13H2,1-4H3,(H,20,24). The predicted molar refractivity (Wildman–Crippen MR) is 105 cm³/mol. The Kier molecular flexibility index (Phi) is 7.97. The number of nitrogens with one attached hydrogen (secondary N) is 1. The van der Waals surface area contributed by atoms with E-state index in [1.165, 1.54) is 24.6 Å². The van der Waals surface area contributed by atoms with Gasteiger partial charge in [0.25, 0.3) is 0 Å². The number of methoxy groups -OCH3 is 1. The van der Waals surface area contributed by atoms with Crippen LogP contribution in [0.15, 0.2) is 29.4 Å². The normalized spacial score (nSPS) is 12.0. The molecule has 1 unspecified atom stereocenters. The van der Waals surface area contributed by atoms with Crippen LogP contribution in [0.5, 0.6) is 5.75 Å². The van der Waals surface area contributed by atoms with Gasteiger partial charge in [-0.3, -0.25) is 9.36 Å². The molecule has 0 aliphatic rings. The summed E-state index contributed by atoms with van der Waals surface area (Å²) >= 11 is 1.40. The third kappa shape index (κ3) is 5.76. The molecule has 0 saturated heterocycles. The molecule has 7 heteroatoms. The summed E-state index contributed by atoms with van der Waals surface area (Å²) in [5, 5.41) is 12.1. The molecule has 0 aliphatic heterocycles. The van der Waals surface area contributed by atoms with Crippen molar-refractivity contribution in [1.82, 2.24) is 20.1 Å². The molecule has 0 spiro atoms. The molecule has 1 aromatic carbocycles. The minimum absolute atomic E-state index is 0.0286. The lowest BCUT2D eigenvalue weighted by atomic mass is 10.1. The minimum Gasteiger partial charge on any atom is -0.497 e. The zero-order chi connectivity index (χ0) is 18.9. The van der Waals surface area contributed by atoms with Gasteiger partial charge in [0.1, 0.15) is 11.6 Å². The number of ether oxygens (including phenoxy) is 1. The predicted octanol–water partition coefficient (Wildman–Crippen LogP) is 3.76. The second kappa shape index (κ2) is 10.2. The fraction of sp³-hybridized carbons (Fsp3) is 0.526. The van der Waals surface area contributed by atoms with Crippen LogP contribution in [-0.2, 0) is 4.79 Å². The third-order valence-electron chi connectivity index (χ3n) is 4.11. The summed E-state index contributed by atoms with van der Waals surface area (Å²) in [6.07, 6.45) is 4.57. The van der Waals surface area contributed by atoms with Crippen LogP contribution in [0, 0.1) is 6.92 Å². The molecule has 1 N–H and O–H groups in total. The number of amides is 1. The highest BCUT2D eigenvalue weighted by molar-refractivity contribution is 7.99. The Bertz CT molecular complexity index is 700. The molecule has 2 rings (SSSR count). The lowest BCUT2D eigenvalue weighted by Crippen LogP contribution is -2.33. The maximum Gasteiger partial charge on any atom is 0.230 e. The van der Waals surface area contributed by atoms with Gasteiger partial charge in [-0.25, -0.2) is 0 Å². The van der Waals surface area contributed by atoms with Crippen molar-refractivity contribution in [3.05, 3.63) is 30.1 Å². The third-order valence-corrected chi connectivity index (χ3v) is 5.04. The number of thioether (sulfide) groups is 1.